The van der Waals surface area contributed by atoms with Gasteiger partial charge in [0.25, 0.3) is 0 Å². The highest BCUT2D eigenvalue weighted by molar-refractivity contribution is 5.73. The van der Waals surface area contributed by atoms with E-state index in [9.17, 15) is 13.2 Å². The first kappa shape index (κ1) is 11.8. The van der Waals surface area contributed by atoms with Crippen molar-refractivity contribution in [3.05, 3.63) is 41.5 Å². The van der Waals surface area contributed by atoms with Crippen molar-refractivity contribution < 1.29 is 13.2 Å². The van der Waals surface area contributed by atoms with E-state index in [4.69, 9.17) is 5.73 Å². The molecule has 0 bridgehead atoms. The smallest absolute Gasteiger partial charge is 0.328 e. The van der Waals surface area contributed by atoms with Crippen LogP contribution in [0.3, 0.4) is 0 Å². The molecule has 0 amide bonds. The van der Waals surface area contributed by atoms with Crippen LogP contribution in [-0.4, -0.2) is 6.04 Å². The standard InChI is InChI=1S/C14H14F3N/c15-14(16,17)11-3-1-9(2-4-11)10-5-13(6-10)7-12(18)8-13/h1-5,12H,6-8,18H2. The maximum atomic E-state index is 12.4. The van der Waals surface area contributed by atoms with E-state index >= 15 is 0 Å². The monoisotopic (exact) mass is 253 g/mol. The van der Waals surface area contributed by atoms with Crippen molar-refractivity contribution in [2.75, 3.05) is 0 Å². The molecule has 0 unspecified atom stereocenters. The van der Waals surface area contributed by atoms with Gasteiger partial charge in [-0.25, -0.2) is 0 Å². The third-order valence-corrected chi connectivity index (χ3v) is 3.94. The summed E-state index contributed by atoms with van der Waals surface area (Å²) in [7, 11) is 0. The van der Waals surface area contributed by atoms with Crippen LogP contribution in [0.25, 0.3) is 5.57 Å². The summed E-state index contributed by atoms with van der Waals surface area (Å²) < 4.78 is 37.3. The molecule has 1 nitrogen and oxygen atoms in total. The minimum Gasteiger partial charge on any atom is -0.328 e. The molecule has 0 aliphatic heterocycles. The summed E-state index contributed by atoms with van der Waals surface area (Å²) in [5, 5.41) is 0. The molecule has 1 fully saturated rings. The molecule has 2 aliphatic rings. The van der Waals surface area contributed by atoms with Crippen molar-refractivity contribution in [1.82, 2.24) is 0 Å². The van der Waals surface area contributed by atoms with Gasteiger partial charge in [-0.3, -0.25) is 0 Å². The molecule has 1 spiro atoms. The average molecular weight is 253 g/mol. The third-order valence-electron chi connectivity index (χ3n) is 3.94. The average Bonchev–Trinajstić information content (AvgIpc) is 2.20. The Labute approximate surface area is 103 Å². The Morgan fingerprint density at radius 3 is 2.11 bits per heavy atom. The van der Waals surface area contributed by atoms with E-state index in [1.54, 1.807) is 12.1 Å². The van der Waals surface area contributed by atoms with E-state index in [2.05, 4.69) is 6.08 Å². The summed E-state index contributed by atoms with van der Waals surface area (Å²) in [5.41, 5.74) is 7.48. The van der Waals surface area contributed by atoms with Crippen LogP contribution in [0.2, 0.25) is 0 Å². The molecule has 1 aromatic rings. The molecule has 0 saturated heterocycles. The van der Waals surface area contributed by atoms with Crippen molar-refractivity contribution in [2.24, 2.45) is 11.1 Å². The Morgan fingerprint density at radius 2 is 1.67 bits per heavy atom. The minimum absolute atomic E-state index is 0.261. The molecule has 4 heteroatoms. The van der Waals surface area contributed by atoms with E-state index < -0.39 is 11.7 Å². The lowest BCUT2D eigenvalue weighted by Gasteiger charge is -2.51. The van der Waals surface area contributed by atoms with Crippen molar-refractivity contribution in [3.8, 4) is 0 Å². The van der Waals surface area contributed by atoms with Crippen molar-refractivity contribution in [2.45, 2.75) is 31.5 Å². The lowest BCUT2D eigenvalue weighted by Crippen LogP contribution is -2.48. The van der Waals surface area contributed by atoms with Gasteiger partial charge in [-0.15, -0.1) is 0 Å². The van der Waals surface area contributed by atoms with Gasteiger partial charge >= 0.3 is 6.18 Å². The Morgan fingerprint density at radius 1 is 1.11 bits per heavy atom. The predicted molar refractivity (Wildman–Crippen MR) is 63.7 cm³/mol. The Hall–Kier alpha value is -1.29. The van der Waals surface area contributed by atoms with Crippen LogP contribution in [-0.2, 0) is 6.18 Å². The summed E-state index contributed by atoms with van der Waals surface area (Å²) in [6.45, 7) is 0. The lowest BCUT2D eigenvalue weighted by molar-refractivity contribution is -0.137. The molecule has 0 radical (unpaired) electrons. The second-order valence-corrected chi connectivity index (χ2v) is 5.45. The first-order valence-corrected chi connectivity index (χ1v) is 6.03. The number of hydrogen-bond donors (Lipinski definition) is 1. The highest BCUT2D eigenvalue weighted by Crippen LogP contribution is 2.56. The van der Waals surface area contributed by atoms with Crippen LogP contribution in [0, 0.1) is 5.41 Å². The van der Waals surface area contributed by atoms with Gasteiger partial charge in [-0.05, 0) is 47.9 Å². The zero-order chi connectivity index (χ0) is 13.0. The first-order chi connectivity index (χ1) is 8.38. The summed E-state index contributed by atoms with van der Waals surface area (Å²) in [5.74, 6) is 0. The molecular weight excluding hydrogens is 239 g/mol. The van der Waals surface area contributed by atoms with Crippen molar-refractivity contribution in [3.63, 3.8) is 0 Å². The largest absolute Gasteiger partial charge is 0.416 e. The number of rotatable bonds is 1. The molecular formula is C14H14F3N. The quantitative estimate of drug-likeness (QED) is 0.813. The molecule has 2 N–H and O–H groups in total. The highest BCUT2D eigenvalue weighted by Gasteiger charge is 2.46. The Balaban J connectivity index is 1.76. The molecule has 0 aromatic heterocycles. The zero-order valence-corrected chi connectivity index (χ0v) is 9.80. The van der Waals surface area contributed by atoms with Gasteiger partial charge in [-0.2, -0.15) is 13.2 Å². The van der Waals surface area contributed by atoms with Crippen LogP contribution in [0.1, 0.15) is 30.4 Å². The number of halogens is 3. The molecule has 18 heavy (non-hydrogen) atoms. The summed E-state index contributed by atoms with van der Waals surface area (Å²) in [6, 6.07) is 5.71. The number of allylic oxidation sites excluding steroid dienone is 2. The number of nitrogens with two attached hydrogens (primary N) is 1. The van der Waals surface area contributed by atoms with Crippen LogP contribution in [0.5, 0.6) is 0 Å². The Bertz CT molecular complexity index is 493. The van der Waals surface area contributed by atoms with E-state index in [0.29, 0.717) is 6.04 Å². The third kappa shape index (κ3) is 1.85. The highest BCUT2D eigenvalue weighted by atomic mass is 19.4. The molecule has 0 heterocycles. The molecule has 96 valence electrons. The van der Waals surface area contributed by atoms with Gasteiger partial charge in [0.1, 0.15) is 0 Å². The summed E-state index contributed by atoms with van der Waals surface area (Å²) in [6.07, 6.45) is 0.897. The Kier molecular flexibility index (Phi) is 2.36. The fourth-order valence-electron chi connectivity index (χ4n) is 3.03. The number of benzene rings is 1. The van der Waals surface area contributed by atoms with Gasteiger partial charge < -0.3 is 5.73 Å². The van der Waals surface area contributed by atoms with Crippen LogP contribution in [0.4, 0.5) is 13.2 Å². The summed E-state index contributed by atoms with van der Waals surface area (Å²) in [4.78, 5) is 0. The summed E-state index contributed by atoms with van der Waals surface area (Å²) >= 11 is 0. The first-order valence-electron chi connectivity index (χ1n) is 6.03. The normalized spacial score (nSPS) is 30.7. The second-order valence-electron chi connectivity index (χ2n) is 5.45. The molecule has 2 aliphatic carbocycles. The van der Waals surface area contributed by atoms with Gasteiger partial charge in [0.15, 0.2) is 0 Å². The van der Waals surface area contributed by atoms with E-state index in [1.165, 1.54) is 0 Å². The second kappa shape index (κ2) is 3.60. The fraction of sp³-hybridized carbons (Fsp3) is 0.429. The number of alkyl halides is 3. The van der Waals surface area contributed by atoms with E-state index in [0.717, 1.165) is 42.5 Å². The molecule has 0 atom stereocenters. The minimum atomic E-state index is -4.26. The van der Waals surface area contributed by atoms with Gasteiger partial charge in [0, 0.05) is 6.04 Å². The van der Waals surface area contributed by atoms with Crippen LogP contribution < -0.4 is 5.73 Å². The maximum absolute atomic E-state index is 12.4. The SMILES string of the molecule is NC1CC2(C=C(c3ccc(C(F)(F)F)cc3)C2)C1. The van der Waals surface area contributed by atoms with Crippen molar-refractivity contribution in [1.29, 1.82) is 0 Å². The lowest BCUT2D eigenvalue weighted by atomic mass is 9.55. The molecule has 1 aromatic carbocycles. The van der Waals surface area contributed by atoms with Gasteiger partial charge in [0.2, 0.25) is 0 Å². The predicted octanol–water partition coefficient (Wildman–Crippen LogP) is 3.60. The van der Waals surface area contributed by atoms with Crippen LogP contribution in [0.15, 0.2) is 30.3 Å². The topological polar surface area (TPSA) is 26.0 Å². The fourth-order valence-corrected chi connectivity index (χ4v) is 3.03. The molecule has 1 saturated carbocycles. The van der Waals surface area contributed by atoms with Gasteiger partial charge in [-0.1, -0.05) is 18.2 Å². The van der Waals surface area contributed by atoms with Gasteiger partial charge in [0.05, 0.1) is 5.56 Å². The van der Waals surface area contributed by atoms with E-state index in [-0.39, 0.29) is 5.41 Å². The maximum Gasteiger partial charge on any atom is 0.416 e. The zero-order valence-electron chi connectivity index (χ0n) is 9.80. The van der Waals surface area contributed by atoms with E-state index in [1.807, 2.05) is 0 Å². The van der Waals surface area contributed by atoms with Crippen LogP contribution >= 0.6 is 0 Å². The van der Waals surface area contributed by atoms with Crippen molar-refractivity contribution >= 4 is 5.57 Å². The number of hydrogen-bond acceptors (Lipinski definition) is 1. The molecule has 3 rings (SSSR count).